The van der Waals surface area contributed by atoms with Crippen LogP contribution in [-0.2, 0) is 25.7 Å². The minimum atomic E-state index is -1.07. The summed E-state index contributed by atoms with van der Waals surface area (Å²) in [5, 5.41) is 9.09. The molecule has 0 radical (unpaired) electrons. The first-order valence-corrected chi connectivity index (χ1v) is 7.82. The molecule has 1 aromatic rings. The Hall–Kier alpha value is -2.12. The van der Waals surface area contributed by atoms with Gasteiger partial charge in [-0.15, -0.1) is 0 Å². The summed E-state index contributed by atoms with van der Waals surface area (Å²) >= 11 is 0. The van der Waals surface area contributed by atoms with Crippen molar-refractivity contribution in [1.29, 1.82) is 0 Å². The van der Waals surface area contributed by atoms with Crippen LogP contribution in [0.1, 0.15) is 19.4 Å². The van der Waals surface area contributed by atoms with Crippen LogP contribution in [0.3, 0.4) is 0 Å². The Bertz CT molecular complexity index is 590. The number of hydrogen-bond acceptors (Lipinski definition) is 5. The predicted octanol–water partition coefficient (Wildman–Crippen LogP) is 1.30. The highest BCUT2D eigenvalue weighted by atomic mass is 16.5. The molecule has 2 rings (SSSR count). The van der Waals surface area contributed by atoms with Crippen LogP contribution in [0.15, 0.2) is 24.3 Å². The van der Waals surface area contributed by atoms with Crippen molar-refractivity contribution in [3.8, 4) is 5.75 Å². The van der Waals surface area contributed by atoms with E-state index in [1.165, 1.54) is 4.90 Å². The van der Waals surface area contributed by atoms with Crippen molar-refractivity contribution in [3.05, 3.63) is 29.8 Å². The zero-order chi connectivity index (χ0) is 17.7. The van der Waals surface area contributed by atoms with Gasteiger partial charge in [0.25, 0.3) is 5.91 Å². The van der Waals surface area contributed by atoms with E-state index < -0.39 is 18.2 Å². The van der Waals surface area contributed by atoms with Gasteiger partial charge in [-0.1, -0.05) is 12.1 Å². The molecule has 1 aromatic carbocycles. The van der Waals surface area contributed by atoms with Crippen molar-refractivity contribution in [1.82, 2.24) is 4.90 Å². The summed E-state index contributed by atoms with van der Waals surface area (Å²) in [5.41, 5.74) is 0.896. The second kappa shape index (κ2) is 8.12. The second-order valence-electron chi connectivity index (χ2n) is 5.82. The molecule has 0 aliphatic carbocycles. The summed E-state index contributed by atoms with van der Waals surface area (Å²) in [6, 6.07) is 7.41. The third-order valence-electron chi connectivity index (χ3n) is 3.83. The fourth-order valence-corrected chi connectivity index (χ4v) is 2.58. The lowest BCUT2D eigenvalue weighted by molar-refractivity contribution is -0.170. The van der Waals surface area contributed by atoms with Crippen molar-refractivity contribution < 1.29 is 28.9 Å². The summed E-state index contributed by atoms with van der Waals surface area (Å²) in [6.45, 7) is 4.07. The zero-order valence-electron chi connectivity index (χ0n) is 14.1. The van der Waals surface area contributed by atoms with E-state index in [2.05, 4.69) is 0 Å². The molecule has 1 aliphatic rings. The van der Waals surface area contributed by atoms with Gasteiger partial charge in [0.1, 0.15) is 11.9 Å². The largest absolute Gasteiger partial charge is 0.497 e. The van der Waals surface area contributed by atoms with Gasteiger partial charge >= 0.3 is 5.97 Å². The molecule has 0 spiro atoms. The quantitative estimate of drug-likeness (QED) is 0.842. The minimum absolute atomic E-state index is 0.0331. The smallest absolute Gasteiger partial charge is 0.334 e. The maximum Gasteiger partial charge on any atom is 0.334 e. The third-order valence-corrected chi connectivity index (χ3v) is 3.83. The van der Waals surface area contributed by atoms with E-state index in [0.29, 0.717) is 6.54 Å². The first-order chi connectivity index (χ1) is 11.4. The van der Waals surface area contributed by atoms with Crippen molar-refractivity contribution >= 4 is 11.9 Å². The van der Waals surface area contributed by atoms with E-state index in [-0.39, 0.29) is 25.2 Å². The minimum Gasteiger partial charge on any atom is -0.497 e. The van der Waals surface area contributed by atoms with E-state index in [9.17, 15) is 9.59 Å². The van der Waals surface area contributed by atoms with Crippen LogP contribution >= 0.6 is 0 Å². The lowest BCUT2D eigenvalue weighted by atomic mass is 10.2. The van der Waals surface area contributed by atoms with E-state index in [1.54, 1.807) is 21.0 Å². The van der Waals surface area contributed by atoms with Gasteiger partial charge in [-0.05, 0) is 31.5 Å². The lowest BCUT2D eigenvalue weighted by Crippen LogP contribution is -2.54. The molecule has 1 N–H and O–H groups in total. The highest BCUT2D eigenvalue weighted by Gasteiger charge is 2.34. The fourth-order valence-electron chi connectivity index (χ4n) is 2.58. The van der Waals surface area contributed by atoms with Crippen molar-refractivity contribution in [2.75, 3.05) is 20.2 Å². The van der Waals surface area contributed by atoms with Crippen LogP contribution in [0.2, 0.25) is 0 Å². The monoisotopic (exact) mass is 337 g/mol. The van der Waals surface area contributed by atoms with Gasteiger partial charge in [-0.2, -0.15) is 0 Å². The molecule has 1 heterocycles. The van der Waals surface area contributed by atoms with Gasteiger partial charge in [0.2, 0.25) is 0 Å². The number of carboxylic acid groups (broad SMARTS) is 1. The Morgan fingerprint density at radius 1 is 1.42 bits per heavy atom. The number of nitrogens with zero attached hydrogens (tertiary/aromatic N) is 1. The highest BCUT2D eigenvalue weighted by molar-refractivity contribution is 5.82. The molecule has 0 bridgehead atoms. The molecule has 0 aromatic heterocycles. The van der Waals surface area contributed by atoms with Crippen LogP contribution in [0, 0.1) is 0 Å². The number of aliphatic carboxylic acids is 1. The molecule has 1 amide bonds. The average molecular weight is 337 g/mol. The summed E-state index contributed by atoms with van der Waals surface area (Å²) in [5.74, 6) is -0.579. The number of benzene rings is 1. The first-order valence-electron chi connectivity index (χ1n) is 7.82. The molecular weight excluding hydrogens is 314 g/mol. The third kappa shape index (κ3) is 4.69. The number of hydrogen-bond donors (Lipinski definition) is 1. The van der Waals surface area contributed by atoms with E-state index in [0.717, 1.165) is 11.3 Å². The normalized spacial score (nSPS) is 22.0. The highest BCUT2D eigenvalue weighted by Crippen LogP contribution is 2.16. The van der Waals surface area contributed by atoms with Crippen molar-refractivity contribution in [2.45, 2.75) is 38.8 Å². The molecule has 0 saturated carbocycles. The summed E-state index contributed by atoms with van der Waals surface area (Å²) in [4.78, 5) is 25.1. The Labute approximate surface area is 141 Å². The van der Waals surface area contributed by atoms with E-state index in [1.807, 2.05) is 24.3 Å². The summed E-state index contributed by atoms with van der Waals surface area (Å²) in [6.07, 6.45) is -1.99. The van der Waals surface area contributed by atoms with Crippen molar-refractivity contribution in [2.24, 2.45) is 0 Å². The first kappa shape index (κ1) is 18.2. The second-order valence-corrected chi connectivity index (χ2v) is 5.82. The molecule has 7 heteroatoms. The molecule has 3 atom stereocenters. The Morgan fingerprint density at radius 3 is 2.83 bits per heavy atom. The number of carboxylic acids is 1. The number of morpholine rings is 1. The summed E-state index contributed by atoms with van der Waals surface area (Å²) in [7, 11) is 1.59. The predicted molar refractivity (Wildman–Crippen MR) is 85.8 cm³/mol. The van der Waals surface area contributed by atoms with E-state index >= 15 is 0 Å². The van der Waals surface area contributed by atoms with Crippen LogP contribution < -0.4 is 4.74 Å². The van der Waals surface area contributed by atoms with Crippen molar-refractivity contribution in [3.63, 3.8) is 0 Å². The van der Waals surface area contributed by atoms with Gasteiger partial charge in [0, 0.05) is 6.54 Å². The number of amides is 1. The maximum absolute atomic E-state index is 12.5. The molecule has 24 heavy (non-hydrogen) atoms. The van der Waals surface area contributed by atoms with E-state index in [4.69, 9.17) is 19.3 Å². The standard InChI is InChI=1S/C17H23NO6/c1-11-8-18(9-15(24-11)17(20)21)16(19)12(2)23-10-13-5-4-6-14(7-13)22-3/h4-7,11-12,15H,8-10H2,1-3H3,(H,20,21)/t11-,12?,15?/m1/s1. The summed E-state index contributed by atoms with van der Waals surface area (Å²) < 4.78 is 16.1. The Balaban J connectivity index is 1.92. The van der Waals surface area contributed by atoms with Gasteiger partial charge in [-0.3, -0.25) is 4.79 Å². The molecule has 1 aliphatic heterocycles. The maximum atomic E-state index is 12.5. The molecule has 2 unspecified atom stereocenters. The zero-order valence-corrected chi connectivity index (χ0v) is 14.1. The number of methoxy groups -OCH3 is 1. The molecule has 1 saturated heterocycles. The number of carbonyl (C=O) groups is 2. The van der Waals surface area contributed by atoms with Gasteiger partial charge in [0.05, 0.1) is 26.4 Å². The Kier molecular flexibility index (Phi) is 6.16. The molecule has 7 nitrogen and oxygen atoms in total. The van der Waals surface area contributed by atoms with Crippen LogP contribution in [0.25, 0.3) is 0 Å². The number of rotatable bonds is 6. The topological polar surface area (TPSA) is 85.3 Å². The Morgan fingerprint density at radius 2 is 2.17 bits per heavy atom. The van der Waals surface area contributed by atoms with Gasteiger partial charge in [-0.25, -0.2) is 4.79 Å². The average Bonchev–Trinajstić information content (AvgIpc) is 2.58. The van der Waals surface area contributed by atoms with Crippen LogP contribution in [0.5, 0.6) is 5.75 Å². The molecular formula is C17H23NO6. The van der Waals surface area contributed by atoms with Gasteiger partial charge < -0.3 is 24.2 Å². The van der Waals surface area contributed by atoms with Gasteiger partial charge in [0.15, 0.2) is 6.10 Å². The number of ether oxygens (including phenoxy) is 3. The molecule has 1 fully saturated rings. The fraction of sp³-hybridized carbons (Fsp3) is 0.529. The van der Waals surface area contributed by atoms with Crippen LogP contribution in [0.4, 0.5) is 0 Å². The number of carbonyl (C=O) groups excluding carboxylic acids is 1. The lowest BCUT2D eigenvalue weighted by Gasteiger charge is -2.36. The molecule has 132 valence electrons. The SMILES string of the molecule is COc1cccc(COC(C)C(=O)N2CC(C(=O)O)O[C@H](C)C2)c1. The van der Waals surface area contributed by atoms with Crippen LogP contribution in [-0.4, -0.2) is 60.4 Å².